The van der Waals surface area contributed by atoms with Crippen LogP contribution >= 0.6 is 11.8 Å². The zero-order valence-corrected chi connectivity index (χ0v) is 16.2. The summed E-state index contributed by atoms with van der Waals surface area (Å²) in [6.07, 6.45) is 0.275. The van der Waals surface area contributed by atoms with Gasteiger partial charge in [0.25, 0.3) is 0 Å². The van der Waals surface area contributed by atoms with Crippen molar-refractivity contribution in [3.63, 3.8) is 0 Å². The third kappa shape index (κ3) is 4.28. The van der Waals surface area contributed by atoms with Gasteiger partial charge in [-0.05, 0) is 45.0 Å². The molecule has 0 radical (unpaired) electrons. The molecule has 136 valence electrons. The standard InChI is InChI=1S/C21H24N2O2S/c1-21(2,3)23-14-15(13-19(23)24)20(25)22-17-11-7-8-12-18(17)26-16-9-5-4-6-10-16/h4-12,15H,13-14H2,1-3H3,(H,22,25)/t15-/m0/s1. The average Bonchev–Trinajstić information content (AvgIpc) is 3.00. The third-order valence-corrected chi connectivity index (χ3v) is 5.51. The number of carbonyl (C=O) groups excluding carboxylic acids is 2. The van der Waals surface area contributed by atoms with E-state index in [-0.39, 0.29) is 29.7 Å². The van der Waals surface area contributed by atoms with E-state index in [4.69, 9.17) is 0 Å². The Kier molecular flexibility index (Phi) is 5.37. The van der Waals surface area contributed by atoms with Crippen molar-refractivity contribution in [2.45, 2.75) is 42.5 Å². The highest BCUT2D eigenvalue weighted by Gasteiger charge is 2.39. The maximum absolute atomic E-state index is 12.7. The summed E-state index contributed by atoms with van der Waals surface area (Å²) in [4.78, 5) is 28.9. The van der Waals surface area contributed by atoms with Crippen molar-refractivity contribution in [2.24, 2.45) is 5.92 Å². The van der Waals surface area contributed by atoms with E-state index < -0.39 is 0 Å². The molecule has 1 atom stereocenters. The number of anilines is 1. The Hall–Kier alpha value is -2.27. The van der Waals surface area contributed by atoms with Crippen LogP contribution in [0.25, 0.3) is 0 Å². The van der Waals surface area contributed by atoms with Crippen LogP contribution in [0.3, 0.4) is 0 Å². The highest BCUT2D eigenvalue weighted by molar-refractivity contribution is 7.99. The van der Waals surface area contributed by atoms with Gasteiger partial charge in [-0.25, -0.2) is 0 Å². The number of rotatable bonds is 4. The van der Waals surface area contributed by atoms with Crippen molar-refractivity contribution in [2.75, 3.05) is 11.9 Å². The van der Waals surface area contributed by atoms with Gasteiger partial charge in [0.05, 0.1) is 11.6 Å². The van der Waals surface area contributed by atoms with Crippen LogP contribution in [-0.2, 0) is 9.59 Å². The van der Waals surface area contributed by atoms with Crippen molar-refractivity contribution in [3.8, 4) is 0 Å². The topological polar surface area (TPSA) is 49.4 Å². The minimum atomic E-state index is -0.309. The van der Waals surface area contributed by atoms with Gasteiger partial charge in [0.2, 0.25) is 11.8 Å². The molecule has 2 aromatic rings. The van der Waals surface area contributed by atoms with Gasteiger partial charge in [0.15, 0.2) is 0 Å². The molecule has 4 nitrogen and oxygen atoms in total. The van der Waals surface area contributed by atoms with Crippen LogP contribution < -0.4 is 5.32 Å². The van der Waals surface area contributed by atoms with E-state index in [9.17, 15) is 9.59 Å². The number of amides is 2. The Morgan fingerprint density at radius 2 is 1.73 bits per heavy atom. The number of carbonyl (C=O) groups is 2. The molecular weight excluding hydrogens is 344 g/mol. The molecule has 3 rings (SSSR count). The molecule has 1 fully saturated rings. The monoisotopic (exact) mass is 368 g/mol. The molecule has 1 saturated heterocycles. The number of hydrogen-bond donors (Lipinski definition) is 1. The summed E-state index contributed by atoms with van der Waals surface area (Å²) in [5, 5.41) is 3.03. The molecule has 0 aliphatic carbocycles. The van der Waals surface area contributed by atoms with E-state index in [1.807, 2.05) is 75.4 Å². The van der Waals surface area contributed by atoms with Gasteiger partial charge in [-0.1, -0.05) is 42.1 Å². The predicted molar refractivity (Wildman–Crippen MR) is 105 cm³/mol. The summed E-state index contributed by atoms with van der Waals surface area (Å²) >= 11 is 1.61. The van der Waals surface area contributed by atoms with Crippen LogP contribution in [0.15, 0.2) is 64.4 Å². The Labute approximate surface area is 159 Å². The molecule has 1 N–H and O–H groups in total. The first-order chi connectivity index (χ1) is 12.3. The van der Waals surface area contributed by atoms with E-state index in [0.717, 1.165) is 15.5 Å². The lowest BCUT2D eigenvalue weighted by Gasteiger charge is -2.31. The molecule has 1 heterocycles. The summed E-state index contributed by atoms with van der Waals surface area (Å²) in [5.41, 5.74) is 0.528. The second kappa shape index (κ2) is 7.54. The lowest BCUT2D eigenvalue weighted by molar-refractivity contribution is -0.131. The molecule has 26 heavy (non-hydrogen) atoms. The zero-order chi connectivity index (χ0) is 18.7. The number of likely N-dealkylation sites (tertiary alicyclic amines) is 1. The van der Waals surface area contributed by atoms with E-state index in [2.05, 4.69) is 5.32 Å². The molecule has 0 unspecified atom stereocenters. The number of hydrogen-bond acceptors (Lipinski definition) is 3. The van der Waals surface area contributed by atoms with Crippen molar-refractivity contribution in [1.82, 2.24) is 4.90 Å². The van der Waals surface area contributed by atoms with Crippen LogP contribution in [0.5, 0.6) is 0 Å². The largest absolute Gasteiger partial charge is 0.337 e. The maximum atomic E-state index is 12.7. The van der Waals surface area contributed by atoms with Crippen molar-refractivity contribution < 1.29 is 9.59 Å². The molecule has 0 aromatic heterocycles. The SMILES string of the molecule is CC(C)(C)N1C[C@@H](C(=O)Nc2ccccc2Sc2ccccc2)CC1=O. The lowest BCUT2D eigenvalue weighted by atomic mass is 10.1. The highest BCUT2D eigenvalue weighted by Crippen LogP contribution is 2.34. The van der Waals surface area contributed by atoms with E-state index in [0.29, 0.717) is 6.54 Å². The van der Waals surface area contributed by atoms with Gasteiger partial charge in [-0.3, -0.25) is 9.59 Å². The Morgan fingerprint density at radius 3 is 2.38 bits per heavy atom. The van der Waals surface area contributed by atoms with Gasteiger partial charge in [-0.2, -0.15) is 0 Å². The van der Waals surface area contributed by atoms with E-state index in [1.165, 1.54) is 0 Å². The fraction of sp³-hybridized carbons (Fsp3) is 0.333. The lowest BCUT2D eigenvalue weighted by Crippen LogP contribution is -2.42. The average molecular weight is 369 g/mol. The van der Waals surface area contributed by atoms with Crippen molar-refractivity contribution in [1.29, 1.82) is 0 Å². The van der Waals surface area contributed by atoms with Crippen LogP contribution in [0.4, 0.5) is 5.69 Å². The molecule has 2 amide bonds. The second-order valence-corrected chi connectivity index (χ2v) is 8.59. The summed E-state index contributed by atoms with van der Waals surface area (Å²) < 4.78 is 0. The van der Waals surface area contributed by atoms with Gasteiger partial charge in [-0.15, -0.1) is 0 Å². The Morgan fingerprint density at radius 1 is 1.08 bits per heavy atom. The minimum absolute atomic E-state index is 0.0459. The van der Waals surface area contributed by atoms with Gasteiger partial charge in [0.1, 0.15) is 0 Å². The summed E-state index contributed by atoms with van der Waals surface area (Å²) in [5.74, 6) is -0.354. The number of para-hydroxylation sites is 1. The van der Waals surface area contributed by atoms with Gasteiger partial charge < -0.3 is 10.2 Å². The Balaban J connectivity index is 1.72. The number of benzene rings is 2. The molecule has 0 bridgehead atoms. The third-order valence-electron chi connectivity index (χ3n) is 4.42. The summed E-state index contributed by atoms with van der Waals surface area (Å²) in [7, 11) is 0. The molecular formula is C21H24N2O2S. The minimum Gasteiger partial charge on any atom is -0.337 e. The van der Waals surface area contributed by atoms with Crippen LogP contribution in [-0.4, -0.2) is 28.8 Å². The van der Waals surface area contributed by atoms with Gasteiger partial charge >= 0.3 is 0 Å². The second-order valence-electron chi connectivity index (χ2n) is 7.48. The number of nitrogens with one attached hydrogen (secondary N) is 1. The Bertz CT molecular complexity index is 799. The predicted octanol–water partition coefficient (Wildman–Crippen LogP) is 4.42. The first-order valence-corrected chi connectivity index (χ1v) is 9.59. The first kappa shape index (κ1) is 18.5. The molecule has 1 aliphatic heterocycles. The van der Waals surface area contributed by atoms with Gasteiger partial charge in [0, 0.05) is 28.3 Å². The van der Waals surface area contributed by atoms with Crippen molar-refractivity contribution in [3.05, 3.63) is 54.6 Å². The number of nitrogens with zero attached hydrogens (tertiary/aromatic N) is 1. The fourth-order valence-electron chi connectivity index (χ4n) is 3.04. The molecule has 1 aliphatic rings. The fourth-order valence-corrected chi connectivity index (χ4v) is 3.96. The zero-order valence-electron chi connectivity index (χ0n) is 15.4. The molecule has 5 heteroatoms. The van der Waals surface area contributed by atoms with Crippen LogP contribution in [0.1, 0.15) is 27.2 Å². The summed E-state index contributed by atoms with van der Waals surface area (Å²) in [6, 6.07) is 17.8. The van der Waals surface area contributed by atoms with Crippen LogP contribution in [0, 0.1) is 5.92 Å². The smallest absolute Gasteiger partial charge is 0.229 e. The molecule has 2 aromatic carbocycles. The molecule has 0 spiro atoms. The first-order valence-electron chi connectivity index (χ1n) is 8.78. The van der Waals surface area contributed by atoms with E-state index in [1.54, 1.807) is 16.7 Å². The van der Waals surface area contributed by atoms with E-state index >= 15 is 0 Å². The maximum Gasteiger partial charge on any atom is 0.229 e. The molecule has 0 saturated carbocycles. The summed E-state index contributed by atoms with van der Waals surface area (Å²) in [6.45, 7) is 6.47. The highest BCUT2D eigenvalue weighted by atomic mass is 32.2. The van der Waals surface area contributed by atoms with Crippen LogP contribution in [0.2, 0.25) is 0 Å². The van der Waals surface area contributed by atoms with Crippen molar-refractivity contribution >= 4 is 29.3 Å². The normalized spacial score (nSPS) is 17.4. The quantitative estimate of drug-likeness (QED) is 0.869.